The molecule has 1 aromatic heterocycles. The maximum Gasteiger partial charge on any atom is 0.271 e. The largest absolute Gasteiger partial charge is 0.470 e. The van der Waals surface area contributed by atoms with Crippen LogP contribution in [0.3, 0.4) is 0 Å². The Hall–Kier alpha value is -1.57. The molecule has 2 fully saturated rings. The number of carbonyl (C=O) groups excluding carboxylic acids is 1. The molecular weight excluding hydrogens is 432 g/mol. The number of amides is 1. The van der Waals surface area contributed by atoms with E-state index in [9.17, 15) is 4.79 Å². The number of carbonyl (C=O) groups is 1. The average molecular weight is 454 g/mol. The Kier molecular flexibility index (Phi) is 5.43. The number of piperidine rings is 1. The first-order valence-corrected chi connectivity index (χ1v) is 10.3. The van der Waals surface area contributed by atoms with Gasteiger partial charge in [-0.2, -0.15) is 5.10 Å². The molecule has 2 bridgehead atoms. The van der Waals surface area contributed by atoms with Crippen LogP contribution in [0.1, 0.15) is 36.2 Å². The van der Waals surface area contributed by atoms with Crippen molar-refractivity contribution in [3.05, 3.63) is 45.7 Å². The molecule has 0 saturated carbocycles. The topological polar surface area (TPSA) is 59.4 Å². The van der Waals surface area contributed by atoms with Crippen LogP contribution in [0.2, 0.25) is 5.02 Å². The molecule has 2 saturated heterocycles. The predicted molar refractivity (Wildman–Crippen MR) is 107 cm³/mol. The lowest BCUT2D eigenvalue weighted by Crippen LogP contribution is -2.48. The van der Waals surface area contributed by atoms with Crippen molar-refractivity contribution in [1.82, 2.24) is 20.0 Å². The quantitative estimate of drug-likeness (QED) is 0.750. The maximum atomic E-state index is 12.5. The highest BCUT2D eigenvalue weighted by molar-refractivity contribution is 9.10. The van der Waals surface area contributed by atoms with Crippen molar-refractivity contribution in [3.8, 4) is 5.75 Å². The minimum atomic E-state index is -0.115. The molecule has 27 heavy (non-hydrogen) atoms. The number of hydrogen-bond donors (Lipinski definition) is 1. The number of aromatic nitrogens is 2. The van der Waals surface area contributed by atoms with Gasteiger partial charge in [-0.05, 0) is 72.9 Å². The molecule has 0 aliphatic carbocycles. The van der Waals surface area contributed by atoms with Gasteiger partial charge in [0.25, 0.3) is 5.91 Å². The van der Waals surface area contributed by atoms with Crippen LogP contribution in [0, 0.1) is 0 Å². The summed E-state index contributed by atoms with van der Waals surface area (Å²) in [6.45, 7) is 0.214. The maximum absolute atomic E-state index is 12.5. The third-order valence-electron chi connectivity index (χ3n) is 5.55. The van der Waals surface area contributed by atoms with Gasteiger partial charge in [0.1, 0.15) is 11.4 Å². The second-order valence-corrected chi connectivity index (χ2v) is 8.57. The molecule has 6 nitrogen and oxygen atoms in total. The van der Waals surface area contributed by atoms with Crippen molar-refractivity contribution in [2.24, 2.45) is 0 Å². The Bertz CT molecular complexity index is 829. The van der Waals surface area contributed by atoms with Gasteiger partial charge in [0.15, 0.2) is 6.73 Å². The molecule has 1 aromatic carbocycles. The van der Waals surface area contributed by atoms with Crippen molar-refractivity contribution in [2.75, 3.05) is 7.05 Å². The number of ether oxygens (including phenoxy) is 1. The molecule has 2 aliphatic rings. The first-order chi connectivity index (χ1) is 13.0. The number of benzene rings is 1. The van der Waals surface area contributed by atoms with E-state index < -0.39 is 0 Å². The van der Waals surface area contributed by atoms with E-state index in [0.717, 1.165) is 17.3 Å². The molecule has 144 valence electrons. The van der Waals surface area contributed by atoms with Gasteiger partial charge in [-0.3, -0.25) is 4.79 Å². The Labute approximate surface area is 171 Å². The fraction of sp³-hybridized carbons (Fsp3) is 0.474. The first-order valence-electron chi connectivity index (χ1n) is 9.13. The van der Waals surface area contributed by atoms with Crippen molar-refractivity contribution in [1.29, 1.82) is 0 Å². The average Bonchev–Trinajstić information content (AvgIpc) is 3.16. The summed E-state index contributed by atoms with van der Waals surface area (Å²) < 4.78 is 8.11. The monoisotopic (exact) mass is 452 g/mol. The third-order valence-corrected chi connectivity index (χ3v) is 6.41. The molecule has 2 atom stereocenters. The van der Waals surface area contributed by atoms with E-state index >= 15 is 0 Å². The molecule has 8 heteroatoms. The zero-order valence-corrected chi connectivity index (χ0v) is 17.4. The summed E-state index contributed by atoms with van der Waals surface area (Å²) in [6, 6.07) is 8.47. The van der Waals surface area contributed by atoms with Crippen LogP contribution in [0.4, 0.5) is 0 Å². The van der Waals surface area contributed by atoms with Gasteiger partial charge in [0.2, 0.25) is 0 Å². The number of fused-ring (bicyclic) bond motifs is 2. The smallest absolute Gasteiger partial charge is 0.271 e. The van der Waals surface area contributed by atoms with Gasteiger partial charge in [-0.1, -0.05) is 11.6 Å². The lowest BCUT2D eigenvalue weighted by atomic mass is 9.98. The van der Waals surface area contributed by atoms with Crippen LogP contribution in [0.5, 0.6) is 5.75 Å². The summed E-state index contributed by atoms with van der Waals surface area (Å²) in [5, 5.41) is 8.12. The number of halogens is 2. The number of nitrogens with zero attached hydrogens (tertiary/aromatic N) is 3. The van der Waals surface area contributed by atoms with Crippen molar-refractivity contribution in [2.45, 2.75) is 50.5 Å². The van der Waals surface area contributed by atoms with E-state index in [1.54, 1.807) is 35.1 Å². The molecule has 1 amide bonds. The lowest BCUT2D eigenvalue weighted by molar-refractivity contribution is 0.0875. The van der Waals surface area contributed by atoms with Gasteiger partial charge < -0.3 is 15.0 Å². The van der Waals surface area contributed by atoms with Gasteiger partial charge in [0.05, 0.1) is 4.47 Å². The molecule has 2 unspecified atom stereocenters. The van der Waals surface area contributed by atoms with Gasteiger partial charge in [-0.25, -0.2) is 4.68 Å². The summed E-state index contributed by atoms with van der Waals surface area (Å²) >= 11 is 9.35. The number of rotatable bonds is 5. The van der Waals surface area contributed by atoms with E-state index in [1.807, 2.05) is 0 Å². The molecule has 2 aromatic rings. The minimum absolute atomic E-state index is 0.115. The third kappa shape index (κ3) is 4.15. The molecule has 0 spiro atoms. The fourth-order valence-electron chi connectivity index (χ4n) is 4.07. The summed E-state index contributed by atoms with van der Waals surface area (Å²) in [5.74, 6) is 0.554. The Morgan fingerprint density at radius 2 is 2.07 bits per heavy atom. The molecule has 3 heterocycles. The number of hydrogen-bond acceptors (Lipinski definition) is 4. The van der Waals surface area contributed by atoms with Crippen molar-refractivity contribution < 1.29 is 9.53 Å². The van der Waals surface area contributed by atoms with E-state index in [-0.39, 0.29) is 18.7 Å². The molecule has 0 radical (unpaired) electrons. The van der Waals surface area contributed by atoms with Crippen LogP contribution in [0.25, 0.3) is 0 Å². The second-order valence-electron chi connectivity index (χ2n) is 7.28. The molecule has 4 rings (SSSR count). The molecular formula is C19H22BrClN4O2. The van der Waals surface area contributed by atoms with Crippen LogP contribution in [-0.2, 0) is 6.73 Å². The first kappa shape index (κ1) is 18.8. The fourth-order valence-corrected chi connectivity index (χ4v) is 4.87. The van der Waals surface area contributed by atoms with E-state index in [1.165, 1.54) is 12.8 Å². The van der Waals surface area contributed by atoms with E-state index in [4.69, 9.17) is 16.3 Å². The Balaban J connectivity index is 1.33. The van der Waals surface area contributed by atoms with Crippen LogP contribution in [0.15, 0.2) is 34.9 Å². The van der Waals surface area contributed by atoms with Crippen LogP contribution >= 0.6 is 27.5 Å². The Morgan fingerprint density at radius 1 is 1.33 bits per heavy atom. The highest BCUT2D eigenvalue weighted by Crippen LogP contribution is 2.34. The minimum Gasteiger partial charge on any atom is -0.470 e. The normalized spacial score (nSPS) is 24.8. The van der Waals surface area contributed by atoms with Crippen LogP contribution < -0.4 is 10.1 Å². The van der Waals surface area contributed by atoms with E-state index in [0.29, 0.717) is 28.5 Å². The summed E-state index contributed by atoms with van der Waals surface area (Å²) in [7, 11) is 2.20. The molecule has 1 N–H and O–H groups in total. The lowest BCUT2D eigenvalue weighted by Gasteiger charge is -2.36. The van der Waals surface area contributed by atoms with Gasteiger partial charge in [-0.15, -0.1) is 0 Å². The SMILES string of the molecule is CN1C2CCC1CC(NC(=O)c1ccn(COc3ccc(Cl)cc3Br)n1)C2. The van der Waals surface area contributed by atoms with Crippen molar-refractivity contribution >= 4 is 33.4 Å². The van der Waals surface area contributed by atoms with Gasteiger partial charge >= 0.3 is 0 Å². The summed E-state index contributed by atoms with van der Waals surface area (Å²) in [6.07, 6.45) is 6.26. The zero-order valence-electron chi connectivity index (χ0n) is 15.1. The predicted octanol–water partition coefficient (Wildman–Crippen LogP) is 3.69. The van der Waals surface area contributed by atoms with Crippen molar-refractivity contribution in [3.63, 3.8) is 0 Å². The highest BCUT2D eigenvalue weighted by Gasteiger charge is 2.38. The standard InChI is InChI=1S/C19H22BrClN4O2/c1-24-14-3-4-15(24)10-13(9-14)22-19(26)17-6-7-25(23-17)11-27-18-5-2-12(21)8-16(18)20/h2,5-8,13-15H,3-4,9-11H2,1H3,(H,22,26). The van der Waals surface area contributed by atoms with Crippen LogP contribution in [-0.4, -0.2) is 45.8 Å². The second kappa shape index (κ2) is 7.81. The van der Waals surface area contributed by atoms with Gasteiger partial charge in [0, 0.05) is 29.3 Å². The highest BCUT2D eigenvalue weighted by atomic mass is 79.9. The summed E-state index contributed by atoms with van der Waals surface area (Å²) in [5.41, 5.74) is 0.417. The Morgan fingerprint density at radius 3 is 2.78 bits per heavy atom. The zero-order chi connectivity index (χ0) is 19.0. The number of nitrogens with one attached hydrogen (secondary N) is 1. The summed E-state index contributed by atoms with van der Waals surface area (Å²) in [4.78, 5) is 15.0. The molecule has 2 aliphatic heterocycles. The van der Waals surface area contributed by atoms with E-state index in [2.05, 4.69) is 38.3 Å².